The molecule has 1 aliphatic rings. The number of ether oxygens (including phenoxy) is 1. The summed E-state index contributed by atoms with van der Waals surface area (Å²) < 4.78 is 29.1. The van der Waals surface area contributed by atoms with Crippen molar-refractivity contribution in [2.24, 2.45) is 5.14 Å². The Balaban J connectivity index is 1.79. The van der Waals surface area contributed by atoms with Gasteiger partial charge in [0.15, 0.2) is 0 Å². The highest BCUT2D eigenvalue weighted by molar-refractivity contribution is 7.86. The average molecular weight is 341 g/mol. The van der Waals surface area contributed by atoms with Crippen LogP contribution in [0.3, 0.4) is 0 Å². The lowest BCUT2D eigenvalue weighted by atomic mass is 10.1. The molecule has 0 aromatic heterocycles. The van der Waals surface area contributed by atoms with Gasteiger partial charge in [-0.3, -0.25) is 4.79 Å². The standard InChI is InChI=1S/C15H23N3O4S/c1-2-22-14-6-3-13(4-7-14)5-8-15(19)17-9-11-18(12-10-17)23(16,20)21/h3-4,6-7H,2,5,8-12H2,1H3,(H2,16,20,21). The Bertz CT molecular complexity index is 623. The third kappa shape index (κ3) is 5.19. The van der Waals surface area contributed by atoms with Crippen LogP contribution in [0.5, 0.6) is 5.75 Å². The van der Waals surface area contributed by atoms with Crippen LogP contribution in [-0.4, -0.2) is 56.3 Å². The molecule has 1 amide bonds. The third-order valence-electron chi connectivity index (χ3n) is 3.81. The molecule has 0 aliphatic carbocycles. The number of nitrogens with two attached hydrogens (primary N) is 1. The smallest absolute Gasteiger partial charge is 0.277 e. The molecule has 8 heteroatoms. The first kappa shape index (κ1) is 17.7. The highest BCUT2D eigenvalue weighted by Crippen LogP contribution is 2.14. The number of benzene rings is 1. The van der Waals surface area contributed by atoms with Gasteiger partial charge < -0.3 is 9.64 Å². The second-order valence-corrected chi connectivity index (χ2v) is 6.95. The van der Waals surface area contributed by atoms with E-state index >= 15 is 0 Å². The average Bonchev–Trinajstić information content (AvgIpc) is 2.53. The Morgan fingerprint density at radius 1 is 1.17 bits per heavy atom. The quantitative estimate of drug-likeness (QED) is 0.809. The second kappa shape index (κ2) is 7.76. The third-order valence-corrected chi connectivity index (χ3v) is 4.90. The van der Waals surface area contributed by atoms with Crippen LogP contribution in [0.1, 0.15) is 18.9 Å². The number of amides is 1. The van der Waals surface area contributed by atoms with Crippen molar-refractivity contribution in [3.8, 4) is 5.75 Å². The summed E-state index contributed by atoms with van der Waals surface area (Å²) in [5.74, 6) is 0.856. The zero-order valence-electron chi connectivity index (χ0n) is 13.3. The molecule has 0 unspecified atom stereocenters. The van der Waals surface area contributed by atoms with Crippen molar-refractivity contribution < 1.29 is 17.9 Å². The molecule has 0 bridgehead atoms. The summed E-state index contributed by atoms with van der Waals surface area (Å²) in [4.78, 5) is 13.9. The molecule has 7 nitrogen and oxygen atoms in total. The van der Waals surface area contributed by atoms with Gasteiger partial charge in [-0.25, -0.2) is 5.14 Å². The molecule has 0 spiro atoms. The van der Waals surface area contributed by atoms with Gasteiger partial charge in [0.05, 0.1) is 6.61 Å². The minimum Gasteiger partial charge on any atom is -0.494 e. The van der Waals surface area contributed by atoms with E-state index in [1.165, 1.54) is 4.31 Å². The molecule has 1 fully saturated rings. The van der Waals surface area contributed by atoms with Crippen molar-refractivity contribution in [2.45, 2.75) is 19.8 Å². The van der Waals surface area contributed by atoms with E-state index in [4.69, 9.17) is 9.88 Å². The fraction of sp³-hybridized carbons (Fsp3) is 0.533. The minimum atomic E-state index is -3.66. The van der Waals surface area contributed by atoms with Crippen LogP contribution in [0.15, 0.2) is 24.3 Å². The van der Waals surface area contributed by atoms with Gasteiger partial charge in [-0.1, -0.05) is 12.1 Å². The Kier molecular flexibility index (Phi) is 5.97. The summed E-state index contributed by atoms with van der Waals surface area (Å²) in [5.41, 5.74) is 1.07. The van der Waals surface area contributed by atoms with Crippen LogP contribution in [0.2, 0.25) is 0 Å². The van der Waals surface area contributed by atoms with Crippen LogP contribution >= 0.6 is 0 Å². The Morgan fingerprint density at radius 3 is 2.30 bits per heavy atom. The predicted molar refractivity (Wildman–Crippen MR) is 87.2 cm³/mol. The first-order chi connectivity index (χ1) is 10.9. The maximum Gasteiger partial charge on any atom is 0.277 e. The second-order valence-electron chi connectivity index (χ2n) is 5.40. The van der Waals surface area contributed by atoms with Crippen LogP contribution in [0.4, 0.5) is 0 Å². The molecular weight excluding hydrogens is 318 g/mol. The highest BCUT2D eigenvalue weighted by Gasteiger charge is 2.26. The number of nitrogens with zero attached hydrogens (tertiary/aromatic N) is 2. The molecule has 1 heterocycles. The van der Waals surface area contributed by atoms with Gasteiger partial charge in [-0.2, -0.15) is 12.7 Å². The van der Waals surface area contributed by atoms with E-state index in [9.17, 15) is 13.2 Å². The summed E-state index contributed by atoms with van der Waals surface area (Å²) in [6.45, 7) is 3.85. The summed E-state index contributed by atoms with van der Waals surface area (Å²) in [6.07, 6.45) is 1.06. The van der Waals surface area contributed by atoms with Gasteiger partial charge >= 0.3 is 0 Å². The van der Waals surface area contributed by atoms with E-state index < -0.39 is 10.2 Å². The zero-order chi connectivity index (χ0) is 16.9. The lowest BCUT2D eigenvalue weighted by molar-refractivity contribution is -0.132. The Labute approximate surface area is 137 Å². The van der Waals surface area contributed by atoms with Gasteiger partial charge in [0, 0.05) is 32.6 Å². The number of carbonyl (C=O) groups excluding carboxylic acids is 1. The molecule has 23 heavy (non-hydrogen) atoms. The van der Waals surface area contributed by atoms with E-state index in [2.05, 4.69) is 0 Å². The van der Waals surface area contributed by atoms with Crippen molar-refractivity contribution in [1.82, 2.24) is 9.21 Å². The molecule has 128 valence electrons. The maximum atomic E-state index is 12.2. The highest BCUT2D eigenvalue weighted by atomic mass is 32.2. The largest absolute Gasteiger partial charge is 0.494 e. The normalized spacial score (nSPS) is 16.3. The van der Waals surface area contributed by atoms with Gasteiger partial charge in [-0.05, 0) is 31.0 Å². The Morgan fingerprint density at radius 2 is 1.78 bits per heavy atom. The molecule has 0 saturated carbocycles. The summed E-state index contributed by atoms with van der Waals surface area (Å²) in [7, 11) is -3.66. The topological polar surface area (TPSA) is 92.9 Å². The monoisotopic (exact) mass is 341 g/mol. The number of aryl methyl sites for hydroxylation is 1. The Hall–Kier alpha value is -1.64. The fourth-order valence-corrected chi connectivity index (χ4v) is 3.19. The van der Waals surface area contributed by atoms with Gasteiger partial charge in [0.2, 0.25) is 5.91 Å². The number of piperazine rings is 1. The molecule has 1 aliphatic heterocycles. The van der Waals surface area contributed by atoms with Crippen LogP contribution in [-0.2, 0) is 21.4 Å². The van der Waals surface area contributed by atoms with Crippen molar-refractivity contribution in [3.63, 3.8) is 0 Å². The van der Waals surface area contributed by atoms with E-state index in [0.717, 1.165) is 11.3 Å². The molecule has 2 rings (SSSR count). The SMILES string of the molecule is CCOc1ccc(CCC(=O)N2CCN(S(N)(=O)=O)CC2)cc1. The lowest BCUT2D eigenvalue weighted by Crippen LogP contribution is -2.52. The van der Waals surface area contributed by atoms with Crippen molar-refractivity contribution >= 4 is 16.1 Å². The van der Waals surface area contributed by atoms with E-state index in [1.807, 2.05) is 31.2 Å². The van der Waals surface area contributed by atoms with E-state index in [-0.39, 0.29) is 19.0 Å². The fourth-order valence-electron chi connectivity index (χ4n) is 2.52. The van der Waals surface area contributed by atoms with Crippen LogP contribution in [0, 0.1) is 0 Å². The number of rotatable bonds is 6. The molecule has 1 saturated heterocycles. The molecule has 1 aromatic carbocycles. The van der Waals surface area contributed by atoms with E-state index in [0.29, 0.717) is 32.5 Å². The molecule has 2 N–H and O–H groups in total. The summed E-state index contributed by atoms with van der Waals surface area (Å²) >= 11 is 0. The maximum absolute atomic E-state index is 12.2. The molecular formula is C15H23N3O4S. The number of carbonyl (C=O) groups is 1. The van der Waals surface area contributed by atoms with Gasteiger partial charge in [-0.15, -0.1) is 0 Å². The van der Waals surface area contributed by atoms with Gasteiger partial charge in [0.1, 0.15) is 5.75 Å². The first-order valence-electron chi connectivity index (χ1n) is 7.67. The molecule has 1 aromatic rings. The van der Waals surface area contributed by atoms with Gasteiger partial charge in [0.25, 0.3) is 10.2 Å². The van der Waals surface area contributed by atoms with Crippen LogP contribution < -0.4 is 9.88 Å². The molecule has 0 atom stereocenters. The predicted octanol–water partition coefficient (Wildman–Crippen LogP) is 0.366. The van der Waals surface area contributed by atoms with Crippen molar-refractivity contribution in [2.75, 3.05) is 32.8 Å². The van der Waals surface area contributed by atoms with Crippen molar-refractivity contribution in [3.05, 3.63) is 29.8 Å². The summed E-state index contributed by atoms with van der Waals surface area (Å²) in [6, 6.07) is 7.71. The molecule has 0 radical (unpaired) electrons. The van der Waals surface area contributed by atoms with Crippen molar-refractivity contribution in [1.29, 1.82) is 0 Å². The van der Waals surface area contributed by atoms with Crippen LogP contribution in [0.25, 0.3) is 0 Å². The summed E-state index contributed by atoms with van der Waals surface area (Å²) in [5, 5.41) is 5.08. The van der Waals surface area contributed by atoms with E-state index in [1.54, 1.807) is 4.90 Å². The number of hydrogen-bond donors (Lipinski definition) is 1. The first-order valence-corrected chi connectivity index (χ1v) is 9.18. The number of hydrogen-bond acceptors (Lipinski definition) is 4. The lowest BCUT2D eigenvalue weighted by Gasteiger charge is -2.33. The minimum absolute atomic E-state index is 0.0351. The zero-order valence-corrected chi connectivity index (χ0v) is 14.1.